The zero-order chi connectivity index (χ0) is 37.7. The Morgan fingerprint density at radius 2 is 1.92 bits per heavy atom. The van der Waals surface area contributed by atoms with Crippen LogP contribution in [0.4, 0.5) is 4.79 Å². The number of hydrogen-bond acceptors (Lipinski definition) is 10. The second-order valence-corrected chi connectivity index (χ2v) is 18.4. The number of pyridine rings is 1. The summed E-state index contributed by atoms with van der Waals surface area (Å²) in [6, 6.07) is 4.24. The van der Waals surface area contributed by atoms with E-state index in [1.807, 2.05) is 42.7 Å². The maximum Gasteiger partial charge on any atom is 0.318 e. The highest BCUT2D eigenvalue weighted by atomic mass is 32.2. The van der Waals surface area contributed by atoms with Crippen LogP contribution >= 0.6 is 11.3 Å². The summed E-state index contributed by atoms with van der Waals surface area (Å²) in [5.74, 6) is -0.194. The minimum atomic E-state index is -3.94. The predicted molar refractivity (Wildman–Crippen MR) is 202 cm³/mol. The van der Waals surface area contributed by atoms with Gasteiger partial charge in [0.2, 0.25) is 15.9 Å². The van der Waals surface area contributed by atoms with Crippen LogP contribution in [0, 0.1) is 12.8 Å². The predicted octanol–water partition coefficient (Wildman–Crippen LogP) is 5.33. The minimum absolute atomic E-state index is 0.113. The molecule has 13 nitrogen and oxygen atoms in total. The molecule has 4 heterocycles. The number of methoxy groups -OCH3 is 1. The van der Waals surface area contributed by atoms with Crippen LogP contribution < -0.4 is 24.8 Å². The number of aromatic nitrogens is 2. The van der Waals surface area contributed by atoms with E-state index in [1.54, 1.807) is 14.0 Å². The summed E-state index contributed by atoms with van der Waals surface area (Å²) in [7, 11) is -2.33. The van der Waals surface area contributed by atoms with Crippen LogP contribution in [0.5, 0.6) is 11.5 Å². The first-order valence-electron chi connectivity index (χ1n) is 18.5. The fraction of sp³-hybridized carbons (Fsp3) is 0.553. The summed E-state index contributed by atoms with van der Waals surface area (Å²) in [6.45, 7) is 8.29. The molecule has 15 heteroatoms. The van der Waals surface area contributed by atoms with Crippen LogP contribution in [0.2, 0.25) is 0 Å². The molecule has 3 fully saturated rings. The molecule has 7 rings (SSSR count). The number of ether oxygens (including phenoxy) is 2. The van der Waals surface area contributed by atoms with Crippen molar-refractivity contribution >= 4 is 50.1 Å². The standard InChI is InChI=1S/C38H48N6O7S2/c1-22(2)28-21-52-34(41-28)27-18-31(26-12-13-30(50-5)23(3)32(26)40-27)51-25-17-29-33(45)42-38(35(46)43-53(48,49)37(4)14-15-37)19-24(38)11-9-7-6-8-10-16-39-36(47)44(29)20-25/h9,11-13,18,21-22,24-25,29H,6-8,10,14-17,19-20H2,1-5H3,(H,39,47)(H,42,45)(H,43,46)/b11-9-/t24-,25+,29-,38+/m0/s1. The number of benzene rings is 1. The van der Waals surface area contributed by atoms with E-state index in [0.717, 1.165) is 47.3 Å². The maximum atomic E-state index is 14.2. The smallest absolute Gasteiger partial charge is 0.318 e. The lowest BCUT2D eigenvalue weighted by Gasteiger charge is -2.27. The van der Waals surface area contributed by atoms with Crippen molar-refractivity contribution in [3.05, 3.63) is 47.0 Å². The first kappa shape index (κ1) is 37.1. The maximum absolute atomic E-state index is 14.2. The zero-order valence-corrected chi connectivity index (χ0v) is 32.5. The van der Waals surface area contributed by atoms with Crippen LogP contribution in [-0.2, 0) is 19.6 Å². The number of nitrogens with one attached hydrogen (secondary N) is 3. The molecule has 0 spiro atoms. The molecular weight excluding hydrogens is 717 g/mol. The number of urea groups is 1. The van der Waals surface area contributed by atoms with Crippen molar-refractivity contribution in [3.63, 3.8) is 0 Å². The number of amides is 4. The van der Waals surface area contributed by atoms with E-state index in [0.29, 0.717) is 42.1 Å². The van der Waals surface area contributed by atoms with Gasteiger partial charge in [-0.3, -0.25) is 14.3 Å². The number of carbonyl (C=O) groups excluding carboxylic acids is 3. The molecule has 4 atom stereocenters. The van der Waals surface area contributed by atoms with Gasteiger partial charge in [-0.2, -0.15) is 0 Å². The lowest BCUT2D eigenvalue weighted by Crippen LogP contribution is -2.57. The Bertz CT molecular complexity index is 2080. The minimum Gasteiger partial charge on any atom is -0.496 e. The van der Waals surface area contributed by atoms with Gasteiger partial charge in [-0.15, -0.1) is 11.3 Å². The van der Waals surface area contributed by atoms with E-state index in [9.17, 15) is 22.8 Å². The molecule has 4 aliphatic rings. The monoisotopic (exact) mass is 764 g/mol. The second-order valence-electron chi connectivity index (χ2n) is 15.3. The molecule has 0 bridgehead atoms. The average molecular weight is 765 g/mol. The lowest BCUT2D eigenvalue weighted by molar-refractivity contribution is -0.131. The molecule has 4 amide bonds. The molecule has 2 aliphatic carbocycles. The number of hydrogen-bond donors (Lipinski definition) is 3. The van der Waals surface area contributed by atoms with Crippen molar-refractivity contribution in [2.45, 2.75) is 107 Å². The van der Waals surface area contributed by atoms with Crippen LogP contribution in [0.3, 0.4) is 0 Å². The lowest BCUT2D eigenvalue weighted by atomic mass is 10.1. The summed E-state index contributed by atoms with van der Waals surface area (Å²) >= 11 is 1.50. The third-order valence-electron chi connectivity index (χ3n) is 11.1. The quantitative estimate of drug-likeness (QED) is 0.257. The molecule has 0 radical (unpaired) electrons. The van der Waals surface area contributed by atoms with Gasteiger partial charge in [0, 0.05) is 41.3 Å². The van der Waals surface area contributed by atoms with Gasteiger partial charge in [-0.25, -0.2) is 23.2 Å². The number of carbonyl (C=O) groups is 3. The van der Waals surface area contributed by atoms with E-state index in [4.69, 9.17) is 19.4 Å². The number of nitrogens with zero attached hydrogens (tertiary/aromatic N) is 3. The Labute approximate surface area is 314 Å². The highest BCUT2D eigenvalue weighted by Crippen LogP contribution is 2.47. The van der Waals surface area contributed by atoms with Crippen molar-refractivity contribution in [3.8, 4) is 22.2 Å². The zero-order valence-electron chi connectivity index (χ0n) is 30.9. The van der Waals surface area contributed by atoms with Gasteiger partial charge >= 0.3 is 6.03 Å². The van der Waals surface area contributed by atoms with Crippen molar-refractivity contribution in [1.29, 1.82) is 0 Å². The van der Waals surface area contributed by atoms with E-state index in [2.05, 4.69) is 29.2 Å². The Morgan fingerprint density at radius 3 is 2.64 bits per heavy atom. The van der Waals surface area contributed by atoms with Gasteiger partial charge in [0.15, 0.2) is 0 Å². The number of sulfonamides is 1. The molecule has 3 N–H and O–H groups in total. The average Bonchev–Trinajstić information content (AvgIpc) is 3.89. The summed E-state index contributed by atoms with van der Waals surface area (Å²) < 4.78 is 39.8. The number of fused-ring (bicyclic) bond motifs is 3. The highest BCUT2D eigenvalue weighted by molar-refractivity contribution is 7.91. The van der Waals surface area contributed by atoms with Crippen LogP contribution in [0.1, 0.15) is 89.3 Å². The summed E-state index contributed by atoms with van der Waals surface area (Å²) in [5, 5.41) is 9.42. The molecule has 2 aromatic heterocycles. The Morgan fingerprint density at radius 1 is 1.13 bits per heavy atom. The summed E-state index contributed by atoms with van der Waals surface area (Å²) in [5.41, 5.74) is 1.69. The van der Waals surface area contributed by atoms with Gasteiger partial charge in [0.1, 0.15) is 39.9 Å². The largest absolute Gasteiger partial charge is 0.496 e. The van der Waals surface area contributed by atoms with E-state index in [-0.39, 0.29) is 31.2 Å². The molecule has 2 aliphatic heterocycles. The fourth-order valence-electron chi connectivity index (χ4n) is 7.20. The van der Waals surface area contributed by atoms with Gasteiger partial charge in [0.05, 0.1) is 29.6 Å². The summed E-state index contributed by atoms with van der Waals surface area (Å²) in [6.07, 6.45) is 8.00. The number of thiazole rings is 1. The van der Waals surface area contributed by atoms with Crippen LogP contribution in [0.15, 0.2) is 35.7 Å². The SMILES string of the molecule is COc1ccc2c(O[C@@H]3C[C@H]4C(=O)N[C@]5(C(=O)NS(=O)(=O)C6(C)CC6)C[C@@H]5/C=C\CCCCCNC(=O)N4C3)cc(-c3nc(C(C)C)cs3)nc2c1C. The first-order chi connectivity index (χ1) is 25.2. The summed E-state index contributed by atoms with van der Waals surface area (Å²) in [4.78, 5) is 53.0. The van der Waals surface area contributed by atoms with Gasteiger partial charge in [-0.05, 0) is 70.4 Å². The molecule has 3 aromatic rings. The number of allylic oxidation sites excluding steroid dienone is 1. The molecule has 0 unspecified atom stereocenters. The topological polar surface area (TPSA) is 169 Å². The fourth-order valence-corrected chi connectivity index (χ4v) is 9.45. The van der Waals surface area contributed by atoms with Crippen LogP contribution in [-0.4, -0.2) is 83.8 Å². The third kappa shape index (κ3) is 7.21. The third-order valence-corrected chi connectivity index (χ3v) is 14.2. The Hall–Kier alpha value is -4.24. The van der Waals surface area contributed by atoms with Crippen molar-refractivity contribution in [2.75, 3.05) is 20.2 Å². The molecular formula is C38H48N6O7S2. The first-order valence-corrected chi connectivity index (χ1v) is 20.8. The van der Waals surface area contributed by atoms with E-state index >= 15 is 0 Å². The van der Waals surface area contributed by atoms with Crippen molar-refractivity contribution in [1.82, 2.24) is 30.2 Å². The van der Waals surface area contributed by atoms with Gasteiger partial charge in [0.25, 0.3) is 5.91 Å². The highest BCUT2D eigenvalue weighted by Gasteiger charge is 2.63. The van der Waals surface area contributed by atoms with Gasteiger partial charge < -0.3 is 25.0 Å². The number of rotatable bonds is 8. The molecule has 1 saturated heterocycles. The molecule has 53 heavy (non-hydrogen) atoms. The number of aryl methyl sites for hydroxylation is 1. The van der Waals surface area contributed by atoms with Crippen LogP contribution in [0.25, 0.3) is 21.6 Å². The normalized spacial score (nSPS) is 26.4. The Kier molecular flexibility index (Phi) is 9.94. The van der Waals surface area contributed by atoms with Gasteiger partial charge in [-0.1, -0.05) is 32.4 Å². The van der Waals surface area contributed by atoms with E-state index in [1.165, 1.54) is 16.2 Å². The van der Waals surface area contributed by atoms with Crippen molar-refractivity contribution < 1.29 is 32.3 Å². The Balaban J connectivity index is 1.20. The molecule has 284 valence electrons. The second kappa shape index (κ2) is 14.2. The molecule has 2 saturated carbocycles. The molecule has 1 aromatic carbocycles. The van der Waals surface area contributed by atoms with Crippen molar-refractivity contribution in [2.24, 2.45) is 5.92 Å². The van der Waals surface area contributed by atoms with E-state index < -0.39 is 50.3 Å².